The summed E-state index contributed by atoms with van der Waals surface area (Å²) >= 11 is 0. The van der Waals surface area contributed by atoms with E-state index < -0.39 is 0 Å². The summed E-state index contributed by atoms with van der Waals surface area (Å²) in [7, 11) is 6.90. The van der Waals surface area contributed by atoms with Crippen LogP contribution < -0.4 is 11.5 Å². The Kier molecular flexibility index (Phi) is 9.50. The van der Waals surface area contributed by atoms with Crippen molar-refractivity contribution in [1.29, 1.82) is 0 Å². The number of rotatable bonds is 1. The summed E-state index contributed by atoms with van der Waals surface area (Å²) in [6.07, 6.45) is 0. The van der Waals surface area contributed by atoms with Gasteiger partial charge in [0.1, 0.15) is 0 Å². The molecular weight excluding hydrogens is 156 g/mol. The first-order valence-corrected chi connectivity index (χ1v) is 3.76. The van der Waals surface area contributed by atoms with Gasteiger partial charge in [0, 0.05) is 41.3 Å². The first-order valence-electron chi connectivity index (χ1n) is 3.76. The zero-order valence-corrected chi connectivity index (χ0v) is 8.37. The lowest BCUT2D eigenvalue weighted by Crippen LogP contribution is -2.33. The number of amides is 2. The number of nitrogens with zero attached hydrogens (tertiary/aromatic N) is 2. The van der Waals surface area contributed by atoms with Crippen LogP contribution in [0.4, 0.5) is 4.79 Å². The van der Waals surface area contributed by atoms with Crippen LogP contribution in [-0.4, -0.2) is 57.1 Å². The number of carbonyl (C=O) groups excluding carboxylic acids is 1. The van der Waals surface area contributed by atoms with Crippen molar-refractivity contribution in [2.24, 2.45) is 11.5 Å². The van der Waals surface area contributed by atoms with Crippen LogP contribution in [0.15, 0.2) is 0 Å². The summed E-state index contributed by atoms with van der Waals surface area (Å²) in [6, 6.07) is 0.0185. The molecule has 0 saturated heterocycles. The van der Waals surface area contributed by atoms with Crippen molar-refractivity contribution in [2.45, 2.75) is 0 Å². The van der Waals surface area contributed by atoms with Crippen LogP contribution in [0.5, 0.6) is 0 Å². The minimum atomic E-state index is 0.0185. The van der Waals surface area contributed by atoms with Gasteiger partial charge in [0.05, 0.1) is 0 Å². The quantitative estimate of drug-likeness (QED) is 0.545. The normalized spacial score (nSPS) is 8.17. The Morgan fingerprint density at radius 3 is 1.25 bits per heavy atom. The summed E-state index contributed by atoms with van der Waals surface area (Å²) < 4.78 is 0. The fourth-order valence-electron chi connectivity index (χ4n) is 0.400. The van der Waals surface area contributed by atoms with E-state index in [1.165, 1.54) is 9.80 Å². The monoisotopic (exact) mass is 176 g/mol. The highest BCUT2D eigenvalue weighted by atomic mass is 16.2. The van der Waals surface area contributed by atoms with Crippen LogP contribution in [0.3, 0.4) is 0 Å². The smallest absolute Gasteiger partial charge is 0.318 e. The van der Waals surface area contributed by atoms with E-state index in [0.29, 0.717) is 13.1 Å². The zero-order chi connectivity index (χ0) is 10.1. The maximum absolute atomic E-state index is 10.7. The predicted molar refractivity (Wildman–Crippen MR) is 50.9 cm³/mol. The molecule has 0 atom stereocenters. The molecule has 0 aliphatic rings. The van der Waals surface area contributed by atoms with E-state index in [1.807, 2.05) is 0 Å². The molecule has 12 heavy (non-hydrogen) atoms. The highest BCUT2D eigenvalue weighted by molar-refractivity contribution is 5.72. The first kappa shape index (κ1) is 13.8. The van der Waals surface area contributed by atoms with Crippen molar-refractivity contribution in [3.63, 3.8) is 0 Å². The fraction of sp³-hybridized carbons (Fsp3) is 0.857. The summed E-state index contributed by atoms with van der Waals surface area (Å²) in [5, 5.41) is 0. The lowest BCUT2D eigenvalue weighted by molar-refractivity contribution is 0.191. The molecule has 0 unspecified atom stereocenters. The first-order chi connectivity index (χ1) is 5.47. The van der Waals surface area contributed by atoms with Crippen molar-refractivity contribution in [2.75, 3.05) is 41.3 Å². The van der Waals surface area contributed by atoms with Gasteiger partial charge in [0.2, 0.25) is 0 Å². The zero-order valence-electron chi connectivity index (χ0n) is 8.37. The molecule has 0 aliphatic carbocycles. The number of carbonyl (C=O) groups is 1. The highest BCUT2D eigenvalue weighted by Gasteiger charge is 2.02. The SMILES string of the molecule is CN(C)C(=O)N(C)C.NCCN. The topological polar surface area (TPSA) is 75.6 Å². The van der Waals surface area contributed by atoms with Gasteiger partial charge in [-0.2, -0.15) is 0 Å². The molecule has 0 aromatic rings. The van der Waals surface area contributed by atoms with Crippen LogP contribution in [0.2, 0.25) is 0 Å². The molecular formula is C7H20N4O. The van der Waals surface area contributed by atoms with Gasteiger partial charge in [0.25, 0.3) is 0 Å². The molecule has 0 rings (SSSR count). The third kappa shape index (κ3) is 9.19. The molecule has 5 nitrogen and oxygen atoms in total. The highest BCUT2D eigenvalue weighted by Crippen LogP contribution is 1.83. The summed E-state index contributed by atoms with van der Waals surface area (Å²) in [6.45, 7) is 1.19. The van der Waals surface area contributed by atoms with Crippen molar-refractivity contribution >= 4 is 6.03 Å². The fourth-order valence-corrected chi connectivity index (χ4v) is 0.400. The molecule has 0 bridgehead atoms. The summed E-state index contributed by atoms with van der Waals surface area (Å²) in [5.41, 5.74) is 9.81. The third-order valence-electron chi connectivity index (χ3n) is 0.932. The number of nitrogens with two attached hydrogens (primary N) is 2. The molecule has 0 spiro atoms. The van der Waals surface area contributed by atoms with Gasteiger partial charge in [-0.25, -0.2) is 4.79 Å². The van der Waals surface area contributed by atoms with Gasteiger partial charge in [-0.1, -0.05) is 0 Å². The standard InChI is InChI=1S/C5H12N2O.C2H8N2/c1-6(2)5(8)7(3)4;3-1-2-4/h1-4H3;1-4H2. The number of hydrogen-bond acceptors (Lipinski definition) is 3. The van der Waals surface area contributed by atoms with Crippen molar-refractivity contribution in [3.8, 4) is 0 Å². The Bertz CT molecular complexity index is 102. The lowest BCUT2D eigenvalue weighted by Gasteiger charge is -2.16. The van der Waals surface area contributed by atoms with E-state index in [0.717, 1.165) is 0 Å². The molecule has 5 heteroatoms. The number of hydrogen-bond donors (Lipinski definition) is 2. The van der Waals surface area contributed by atoms with E-state index in [-0.39, 0.29) is 6.03 Å². The maximum atomic E-state index is 10.7. The average molecular weight is 176 g/mol. The second-order valence-corrected chi connectivity index (χ2v) is 2.65. The van der Waals surface area contributed by atoms with Gasteiger partial charge in [0.15, 0.2) is 0 Å². The van der Waals surface area contributed by atoms with Gasteiger partial charge >= 0.3 is 6.03 Å². The van der Waals surface area contributed by atoms with E-state index in [1.54, 1.807) is 28.2 Å². The van der Waals surface area contributed by atoms with Crippen molar-refractivity contribution in [1.82, 2.24) is 9.80 Å². The minimum Gasteiger partial charge on any atom is -0.331 e. The molecule has 0 fully saturated rings. The molecule has 0 aromatic carbocycles. The second-order valence-electron chi connectivity index (χ2n) is 2.65. The van der Waals surface area contributed by atoms with Crippen LogP contribution in [0.25, 0.3) is 0 Å². The molecule has 0 aromatic heterocycles. The Morgan fingerprint density at radius 1 is 1.00 bits per heavy atom. The molecule has 0 radical (unpaired) electrons. The largest absolute Gasteiger partial charge is 0.331 e. The molecule has 0 saturated carbocycles. The van der Waals surface area contributed by atoms with Gasteiger partial charge < -0.3 is 21.3 Å². The average Bonchev–Trinajstić information content (AvgIpc) is 2.03. The van der Waals surface area contributed by atoms with Crippen LogP contribution >= 0.6 is 0 Å². The van der Waals surface area contributed by atoms with Gasteiger partial charge in [-0.15, -0.1) is 0 Å². The molecule has 0 aliphatic heterocycles. The van der Waals surface area contributed by atoms with E-state index in [2.05, 4.69) is 0 Å². The summed E-state index contributed by atoms with van der Waals surface area (Å²) in [5.74, 6) is 0. The summed E-state index contributed by atoms with van der Waals surface area (Å²) in [4.78, 5) is 13.8. The Balaban J connectivity index is 0. The van der Waals surface area contributed by atoms with Gasteiger partial charge in [-0.05, 0) is 0 Å². The van der Waals surface area contributed by atoms with Crippen LogP contribution in [0.1, 0.15) is 0 Å². The van der Waals surface area contributed by atoms with Crippen LogP contribution in [-0.2, 0) is 0 Å². The molecule has 0 heterocycles. The lowest BCUT2D eigenvalue weighted by atomic mass is 10.7. The second kappa shape index (κ2) is 8.29. The minimum absolute atomic E-state index is 0.0185. The third-order valence-corrected chi connectivity index (χ3v) is 0.932. The molecule has 74 valence electrons. The van der Waals surface area contributed by atoms with E-state index >= 15 is 0 Å². The molecule has 2 amide bonds. The Morgan fingerprint density at radius 2 is 1.25 bits per heavy atom. The Hall–Kier alpha value is -0.810. The Labute approximate surface area is 74.3 Å². The van der Waals surface area contributed by atoms with E-state index in [9.17, 15) is 4.79 Å². The van der Waals surface area contributed by atoms with Gasteiger partial charge in [-0.3, -0.25) is 0 Å². The van der Waals surface area contributed by atoms with Crippen LogP contribution in [0, 0.1) is 0 Å². The number of urea groups is 1. The predicted octanol–water partition coefficient (Wildman–Crippen LogP) is -0.867. The van der Waals surface area contributed by atoms with E-state index in [4.69, 9.17) is 11.5 Å². The molecule has 4 N–H and O–H groups in total. The maximum Gasteiger partial charge on any atom is 0.318 e. The van der Waals surface area contributed by atoms with Crippen molar-refractivity contribution < 1.29 is 4.79 Å². The van der Waals surface area contributed by atoms with Crippen molar-refractivity contribution in [3.05, 3.63) is 0 Å².